The van der Waals surface area contributed by atoms with Gasteiger partial charge in [-0.25, -0.2) is 0 Å². The first-order valence-corrected chi connectivity index (χ1v) is 13.5. The third-order valence-electron chi connectivity index (χ3n) is 6.61. The molecule has 4 aromatic carbocycles. The number of halogens is 1. The molecule has 0 aliphatic carbocycles. The van der Waals surface area contributed by atoms with E-state index in [9.17, 15) is 5.26 Å². The monoisotopic (exact) mass is 477 g/mol. The molecule has 1 saturated heterocycles. The summed E-state index contributed by atoms with van der Waals surface area (Å²) in [6.07, 6.45) is 5.61. The fourth-order valence-corrected chi connectivity index (χ4v) is 8.83. The van der Waals surface area contributed by atoms with E-state index in [1.165, 1.54) is 28.2 Å². The summed E-state index contributed by atoms with van der Waals surface area (Å²) in [5.74, 6) is 0. The van der Waals surface area contributed by atoms with Crippen molar-refractivity contribution in [2.75, 3.05) is 6.16 Å². The minimum atomic E-state index is -0.585. The molecule has 0 spiro atoms. The largest absolute Gasteiger partial charge is 0.192 e. The molecule has 1 nitrogen and oxygen atoms in total. The van der Waals surface area contributed by atoms with Gasteiger partial charge in [0, 0.05) is 5.02 Å². The van der Waals surface area contributed by atoms with E-state index in [4.69, 9.17) is 11.6 Å². The lowest BCUT2D eigenvalue weighted by Crippen LogP contribution is -2.36. The average Bonchev–Trinajstić information content (AvgIpc) is 2.91. The Hall–Kier alpha value is -3.17. The van der Waals surface area contributed by atoms with Crippen molar-refractivity contribution in [3.05, 3.63) is 142 Å². The highest BCUT2D eigenvalue weighted by atomic mass is 35.5. The average molecular weight is 478 g/mol. The van der Waals surface area contributed by atoms with Crippen LogP contribution in [0.2, 0.25) is 5.02 Å². The van der Waals surface area contributed by atoms with Crippen molar-refractivity contribution in [2.24, 2.45) is 0 Å². The van der Waals surface area contributed by atoms with Crippen LogP contribution in [0, 0.1) is 11.3 Å². The molecule has 0 aromatic heterocycles. The molecule has 1 aliphatic rings. The molecule has 1 aliphatic heterocycles. The smallest absolute Gasteiger partial charge is 0.0992 e. The fourth-order valence-electron chi connectivity index (χ4n) is 5.17. The maximum atomic E-state index is 9.29. The lowest BCUT2D eigenvalue weighted by molar-refractivity contribution is 0.732. The molecule has 1 atom stereocenters. The molecule has 1 fully saturated rings. The predicted octanol–water partition coefficient (Wildman–Crippen LogP) is 8.14. The standard InChI is InChI=1S/C31H25ClNP/c32-30-21-24(23-33)18-19-25(30)22-28-15-10-20-34(29-16-8-3-9-17-29)31(28,26-11-4-1-5-12-26)27-13-6-2-7-14-27/h1-9,11-14,16-19,21-22H,10,15,20H2. The quantitative estimate of drug-likeness (QED) is 0.272. The first-order valence-electron chi connectivity index (χ1n) is 11.6. The number of rotatable bonds is 4. The normalized spacial score (nSPS) is 18.4. The summed E-state index contributed by atoms with van der Waals surface area (Å²) in [4.78, 5) is 0. The molecule has 1 heterocycles. The number of nitrogens with zero attached hydrogens (tertiary/aromatic N) is 1. The molecule has 166 valence electrons. The zero-order chi connectivity index (χ0) is 23.4. The van der Waals surface area contributed by atoms with E-state index in [2.05, 4.69) is 103 Å². The van der Waals surface area contributed by atoms with Crippen LogP contribution in [0.4, 0.5) is 0 Å². The van der Waals surface area contributed by atoms with Crippen LogP contribution < -0.4 is 5.30 Å². The Balaban J connectivity index is 1.82. The predicted molar refractivity (Wildman–Crippen MR) is 145 cm³/mol. The number of benzene rings is 4. The maximum absolute atomic E-state index is 9.29. The molecule has 0 radical (unpaired) electrons. The van der Waals surface area contributed by atoms with Crippen LogP contribution in [0.3, 0.4) is 0 Å². The van der Waals surface area contributed by atoms with Crippen molar-refractivity contribution in [2.45, 2.75) is 18.0 Å². The van der Waals surface area contributed by atoms with Crippen molar-refractivity contribution < 1.29 is 0 Å². The van der Waals surface area contributed by atoms with Gasteiger partial charge in [-0.05, 0) is 53.1 Å². The lowest BCUT2D eigenvalue weighted by Gasteiger charge is -2.48. The van der Waals surface area contributed by atoms with Gasteiger partial charge in [-0.3, -0.25) is 0 Å². The third-order valence-corrected chi connectivity index (χ3v) is 10.2. The lowest BCUT2D eigenvalue weighted by atomic mass is 9.80. The number of allylic oxidation sites excluding steroid dienone is 1. The van der Waals surface area contributed by atoms with E-state index in [-0.39, 0.29) is 5.16 Å². The van der Waals surface area contributed by atoms with E-state index in [1.54, 1.807) is 6.07 Å². The van der Waals surface area contributed by atoms with Gasteiger partial charge < -0.3 is 0 Å². The zero-order valence-electron chi connectivity index (χ0n) is 18.9. The number of hydrogen-bond acceptors (Lipinski definition) is 1. The third kappa shape index (κ3) is 4.10. The molecule has 0 amide bonds. The van der Waals surface area contributed by atoms with Gasteiger partial charge in [0.25, 0.3) is 0 Å². The molecule has 1 unspecified atom stereocenters. The highest BCUT2D eigenvalue weighted by Gasteiger charge is 2.47. The second kappa shape index (κ2) is 9.99. The van der Waals surface area contributed by atoms with Gasteiger partial charge in [-0.2, -0.15) is 5.26 Å². The SMILES string of the molecule is N#Cc1ccc(C=C2CCCP(c3ccccc3)C2(c2ccccc2)c2ccccc2)c(Cl)c1. The van der Waals surface area contributed by atoms with Crippen LogP contribution >= 0.6 is 19.5 Å². The topological polar surface area (TPSA) is 23.8 Å². The molecule has 0 saturated carbocycles. The van der Waals surface area contributed by atoms with E-state index in [1.807, 2.05) is 12.1 Å². The summed E-state index contributed by atoms with van der Waals surface area (Å²) >= 11 is 6.68. The second-order valence-electron chi connectivity index (χ2n) is 8.55. The van der Waals surface area contributed by atoms with Crippen molar-refractivity contribution in [3.8, 4) is 6.07 Å². The van der Waals surface area contributed by atoms with Crippen LogP contribution in [0.15, 0.2) is 115 Å². The summed E-state index contributed by atoms with van der Waals surface area (Å²) in [6, 6.07) is 40.7. The van der Waals surface area contributed by atoms with E-state index in [0.29, 0.717) is 10.6 Å². The van der Waals surface area contributed by atoms with Crippen molar-refractivity contribution in [1.29, 1.82) is 5.26 Å². The van der Waals surface area contributed by atoms with E-state index >= 15 is 0 Å². The van der Waals surface area contributed by atoms with Crippen molar-refractivity contribution >= 4 is 30.9 Å². The Morgan fingerprint density at radius 1 is 0.794 bits per heavy atom. The Bertz CT molecular complexity index is 1300. The number of hydrogen-bond donors (Lipinski definition) is 0. The summed E-state index contributed by atoms with van der Waals surface area (Å²) in [7, 11) is -0.585. The molecular weight excluding hydrogens is 453 g/mol. The van der Waals surface area contributed by atoms with Gasteiger partial charge in [0.05, 0.1) is 16.8 Å². The highest BCUT2D eigenvalue weighted by Crippen LogP contribution is 2.66. The molecule has 34 heavy (non-hydrogen) atoms. The minimum Gasteiger partial charge on any atom is -0.192 e. The molecule has 0 N–H and O–H groups in total. The molecule has 0 bridgehead atoms. The first-order chi connectivity index (χ1) is 16.7. The Labute approximate surface area is 208 Å². The van der Waals surface area contributed by atoms with Gasteiger partial charge in [-0.15, -0.1) is 0 Å². The highest BCUT2D eigenvalue weighted by molar-refractivity contribution is 7.67. The van der Waals surface area contributed by atoms with E-state index in [0.717, 1.165) is 18.4 Å². The molecule has 3 heteroatoms. The minimum absolute atomic E-state index is 0.255. The zero-order valence-corrected chi connectivity index (χ0v) is 20.5. The van der Waals surface area contributed by atoms with Crippen LogP contribution in [0.1, 0.15) is 35.1 Å². The van der Waals surface area contributed by atoms with Gasteiger partial charge in [-0.1, -0.05) is 128 Å². The van der Waals surface area contributed by atoms with Crippen LogP contribution in [0.5, 0.6) is 0 Å². The summed E-state index contributed by atoms with van der Waals surface area (Å²) in [5, 5.41) is 11.1. The van der Waals surface area contributed by atoms with Gasteiger partial charge in [0.15, 0.2) is 0 Å². The molecule has 4 aromatic rings. The van der Waals surface area contributed by atoms with E-state index < -0.39 is 7.92 Å². The number of nitriles is 1. The summed E-state index contributed by atoms with van der Waals surface area (Å²) in [6.45, 7) is 0. The first kappa shape index (κ1) is 22.6. The van der Waals surface area contributed by atoms with Crippen LogP contribution in [0.25, 0.3) is 6.08 Å². The molecular formula is C31H25ClNP. The van der Waals surface area contributed by atoms with Gasteiger partial charge in [0.2, 0.25) is 0 Å². The van der Waals surface area contributed by atoms with Crippen molar-refractivity contribution in [1.82, 2.24) is 0 Å². The fraction of sp³-hybridized carbons (Fsp3) is 0.129. The van der Waals surface area contributed by atoms with Crippen LogP contribution in [-0.2, 0) is 5.16 Å². The summed E-state index contributed by atoms with van der Waals surface area (Å²) < 4.78 is 0. The Morgan fingerprint density at radius 3 is 1.94 bits per heavy atom. The van der Waals surface area contributed by atoms with Gasteiger partial charge in [0.1, 0.15) is 0 Å². The second-order valence-corrected chi connectivity index (χ2v) is 11.4. The Morgan fingerprint density at radius 2 is 1.38 bits per heavy atom. The Kier molecular flexibility index (Phi) is 6.64. The van der Waals surface area contributed by atoms with Crippen molar-refractivity contribution in [3.63, 3.8) is 0 Å². The summed E-state index contributed by atoms with van der Waals surface area (Å²) in [5.41, 5.74) is 5.59. The van der Waals surface area contributed by atoms with Crippen LogP contribution in [-0.4, -0.2) is 6.16 Å². The van der Waals surface area contributed by atoms with Gasteiger partial charge >= 0.3 is 0 Å². The maximum Gasteiger partial charge on any atom is 0.0992 e. The molecule has 5 rings (SSSR count).